The van der Waals surface area contributed by atoms with Crippen LogP contribution in [0.25, 0.3) is 0 Å². The van der Waals surface area contributed by atoms with Gasteiger partial charge in [0, 0.05) is 26.1 Å². The van der Waals surface area contributed by atoms with Crippen LogP contribution in [0.3, 0.4) is 0 Å². The predicted octanol–water partition coefficient (Wildman–Crippen LogP) is 3.21. The molecule has 0 aliphatic carbocycles. The fourth-order valence-corrected chi connectivity index (χ4v) is 3.69. The maximum absolute atomic E-state index is 12.8. The third-order valence-electron chi connectivity index (χ3n) is 5.29. The number of carbonyl (C=O) groups excluding carboxylic acids is 2. The van der Waals surface area contributed by atoms with Crippen molar-refractivity contribution in [2.75, 3.05) is 32.8 Å². The first-order chi connectivity index (χ1) is 13.2. The van der Waals surface area contributed by atoms with Crippen LogP contribution in [0.2, 0.25) is 0 Å². The summed E-state index contributed by atoms with van der Waals surface area (Å²) < 4.78 is 11.0. The summed E-state index contributed by atoms with van der Waals surface area (Å²) in [6.07, 6.45) is 5.71. The minimum Gasteiger partial charge on any atom is -0.445 e. The van der Waals surface area contributed by atoms with Gasteiger partial charge in [-0.2, -0.15) is 0 Å². The number of carbonyl (C=O) groups is 2. The number of nitrogens with zero attached hydrogens (tertiary/aromatic N) is 2. The summed E-state index contributed by atoms with van der Waals surface area (Å²) in [6.45, 7) is 3.22. The van der Waals surface area contributed by atoms with Crippen molar-refractivity contribution >= 4 is 12.0 Å². The number of likely N-dealkylation sites (tertiary alicyclic amines) is 1. The van der Waals surface area contributed by atoms with Crippen molar-refractivity contribution in [3.8, 4) is 0 Å². The molecule has 2 aliphatic heterocycles. The van der Waals surface area contributed by atoms with Gasteiger partial charge in [0.05, 0.1) is 19.3 Å². The molecule has 1 aromatic rings. The number of rotatable bonds is 4. The molecule has 2 saturated heterocycles. The molecule has 0 bridgehead atoms. The molecule has 0 spiro atoms. The van der Waals surface area contributed by atoms with Crippen LogP contribution in [0.4, 0.5) is 4.79 Å². The molecule has 0 saturated carbocycles. The van der Waals surface area contributed by atoms with Gasteiger partial charge in [-0.05, 0) is 18.4 Å². The van der Waals surface area contributed by atoms with E-state index in [9.17, 15) is 9.59 Å². The van der Waals surface area contributed by atoms with Gasteiger partial charge >= 0.3 is 6.09 Å². The summed E-state index contributed by atoms with van der Waals surface area (Å²) in [6, 6.07) is 9.37. The normalized spacial score (nSPS) is 21.3. The molecule has 148 valence electrons. The molecule has 2 fully saturated rings. The van der Waals surface area contributed by atoms with Crippen molar-refractivity contribution in [1.29, 1.82) is 0 Å². The van der Waals surface area contributed by atoms with E-state index in [-0.39, 0.29) is 24.6 Å². The molecular formula is C21H30N2O4. The summed E-state index contributed by atoms with van der Waals surface area (Å²) in [5, 5.41) is 0. The number of hydrogen-bond acceptors (Lipinski definition) is 4. The molecule has 0 aromatic heterocycles. The summed E-state index contributed by atoms with van der Waals surface area (Å²) in [5.41, 5.74) is 0.951. The molecular weight excluding hydrogens is 344 g/mol. The Kier molecular flexibility index (Phi) is 7.51. The molecule has 3 rings (SSSR count). The average molecular weight is 374 g/mol. The highest BCUT2D eigenvalue weighted by Crippen LogP contribution is 2.17. The summed E-state index contributed by atoms with van der Waals surface area (Å²) in [5.74, 6) is 0.119. The van der Waals surface area contributed by atoms with Gasteiger partial charge in [0.1, 0.15) is 6.61 Å². The minimum absolute atomic E-state index is 0.119. The zero-order valence-corrected chi connectivity index (χ0v) is 16.0. The van der Waals surface area contributed by atoms with Crippen LogP contribution in [0.15, 0.2) is 30.3 Å². The fourth-order valence-electron chi connectivity index (χ4n) is 3.69. The molecule has 2 heterocycles. The van der Waals surface area contributed by atoms with E-state index < -0.39 is 0 Å². The lowest BCUT2D eigenvalue weighted by molar-refractivity contribution is -0.134. The van der Waals surface area contributed by atoms with Crippen LogP contribution < -0.4 is 0 Å². The molecule has 2 amide bonds. The maximum Gasteiger partial charge on any atom is 0.410 e. The smallest absolute Gasteiger partial charge is 0.410 e. The fraction of sp³-hybridized carbons (Fsp3) is 0.619. The van der Waals surface area contributed by atoms with Crippen LogP contribution in [0.5, 0.6) is 0 Å². The Hall–Kier alpha value is -2.08. The van der Waals surface area contributed by atoms with Crippen molar-refractivity contribution in [2.45, 2.75) is 51.2 Å². The average Bonchev–Trinajstić information content (AvgIpc) is 2.67. The first kappa shape index (κ1) is 19.7. The van der Waals surface area contributed by atoms with Crippen LogP contribution in [0.1, 0.15) is 44.1 Å². The number of ether oxygens (including phenoxy) is 2. The lowest BCUT2D eigenvalue weighted by Crippen LogP contribution is -2.51. The maximum atomic E-state index is 12.8. The van der Waals surface area contributed by atoms with Crippen molar-refractivity contribution in [3.05, 3.63) is 35.9 Å². The lowest BCUT2D eigenvalue weighted by Gasteiger charge is -2.35. The highest BCUT2D eigenvalue weighted by Gasteiger charge is 2.31. The van der Waals surface area contributed by atoms with Crippen molar-refractivity contribution in [3.63, 3.8) is 0 Å². The largest absolute Gasteiger partial charge is 0.445 e. The predicted molar refractivity (Wildman–Crippen MR) is 102 cm³/mol. The van der Waals surface area contributed by atoms with Gasteiger partial charge in [-0.15, -0.1) is 0 Å². The zero-order valence-electron chi connectivity index (χ0n) is 16.0. The second-order valence-electron chi connectivity index (χ2n) is 7.31. The topological polar surface area (TPSA) is 59.1 Å². The van der Waals surface area contributed by atoms with E-state index in [2.05, 4.69) is 0 Å². The molecule has 1 aromatic carbocycles. The van der Waals surface area contributed by atoms with Gasteiger partial charge in [0.2, 0.25) is 5.91 Å². The number of amides is 2. The van der Waals surface area contributed by atoms with Crippen molar-refractivity contribution in [1.82, 2.24) is 9.80 Å². The second kappa shape index (κ2) is 10.3. The summed E-state index contributed by atoms with van der Waals surface area (Å²) in [7, 11) is 0. The van der Waals surface area contributed by atoms with Gasteiger partial charge in [0.25, 0.3) is 0 Å². The highest BCUT2D eigenvalue weighted by atomic mass is 16.6. The van der Waals surface area contributed by atoms with E-state index in [1.165, 1.54) is 19.3 Å². The van der Waals surface area contributed by atoms with Crippen molar-refractivity contribution in [2.24, 2.45) is 0 Å². The number of benzene rings is 1. The molecule has 1 atom stereocenters. The van der Waals surface area contributed by atoms with E-state index >= 15 is 0 Å². The van der Waals surface area contributed by atoms with Crippen molar-refractivity contribution < 1.29 is 19.1 Å². The van der Waals surface area contributed by atoms with Gasteiger partial charge in [0.15, 0.2) is 0 Å². The van der Waals surface area contributed by atoms with E-state index in [0.29, 0.717) is 26.2 Å². The standard InChI is InChI=1S/C21H30N2O4/c24-20(22-11-7-2-1-3-8-12-22)15-19-17-26-14-13-23(19)21(25)27-16-18-9-5-4-6-10-18/h4-6,9-10,19H,1-3,7-8,11-17H2/t19-/m0/s1. The molecule has 0 unspecified atom stereocenters. The molecule has 6 nitrogen and oxygen atoms in total. The van der Waals surface area contributed by atoms with Crippen LogP contribution >= 0.6 is 0 Å². The molecule has 6 heteroatoms. The van der Waals surface area contributed by atoms with Gasteiger partial charge in [-0.1, -0.05) is 49.6 Å². The highest BCUT2D eigenvalue weighted by molar-refractivity contribution is 5.78. The molecule has 0 N–H and O–H groups in total. The zero-order chi connectivity index (χ0) is 18.9. The SMILES string of the molecule is O=C(C[C@H]1COCCN1C(=O)OCc1ccccc1)N1CCCCCCC1. The third-order valence-corrected chi connectivity index (χ3v) is 5.29. The van der Waals surface area contributed by atoms with E-state index in [0.717, 1.165) is 31.5 Å². The Morgan fingerprint density at radius 2 is 1.70 bits per heavy atom. The Balaban J connectivity index is 1.54. The second-order valence-corrected chi connectivity index (χ2v) is 7.31. The Morgan fingerprint density at radius 3 is 2.44 bits per heavy atom. The monoisotopic (exact) mass is 374 g/mol. The first-order valence-corrected chi connectivity index (χ1v) is 10.1. The molecule has 0 radical (unpaired) electrons. The third kappa shape index (κ3) is 5.96. The van der Waals surface area contributed by atoms with E-state index in [1.807, 2.05) is 35.2 Å². The summed E-state index contributed by atoms with van der Waals surface area (Å²) in [4.78, 5) is 29.0. The van der Waals surface area contributed by atoms with E-state index in [4.69, 9.17) is 9.47 Å². The summed E-state index contributed by atoms with van der Waals surface area (Å²) >= 11 is 0. The van der Waals surface area contributed by atoms with Gasteiger partial charge in [-0.3, -0.25) is 4.79 Å². The minimum atomic E-state index is -0.368. The lowest BCUT2D eigenvalue weighted by atomic mass is 10.1. The first-order valence-electron chi connectivity index (χ1n) is 10.1. The Bertz CT molecular complexity index is 599. The number of morpholine rings is 1. The number of hydrogen-bond donors (Lipinski definition) is 0. The quantitative estimate of drug-likeness (QED) is 0.812. The van der Waals surface area contributed by atoms with Gasteiger partial charge < -0.3 is 19.3 Å². The van der Waals surface area contributed by atoms with E-state index in [1.54, 1.807) is 4.90 Å². The van der Waals surface area contributed by atoms with Gasteiger partial charge in [-0.25, -0.2) is 4.79 Å². The van der Waals surface area contributed by atoms with Crippen LogP contribution in [0, 0.1) is 0 Å². The molecule has 27 heavy (non-hydrogen) atoms. The Morgan fingerprint density at radius 1 is 1.00 bits per heavy atom. The molecule has 2 aliphatic rings. The Labute approximate surface area is 161 Å². The van der Waals surface area contributed by atoms with Crippen LogP contribution in [-0.4, -0.2) is 60.7 Å². The van der Waals surface area contributed by atoms with Crippen LogP contribution in [-0.2, 0) is 20.9 Å².